The molecule has 1 N–H and O–H groups in total. The third-order valence-electron chi connectivity index (χ3n) is 7.48. The molecule has 0 radical (unpaired) electrons. The quantitative estimate of drug-likeness (QED) is 0.579. The molecule has 2 amide bonds. The monoisotopic (exact) mass is 525 g/mol. The molecule has 3 aliphatic rings. The highest BCUT2D eigenvalue weighted by Gasteiger charge is 2.52. The number of fused-ring (bicyclic) bond motifs is 1. The lowest BCUT2D eigenvalue weighted by Gasteiger charge is -2.38. The minimum Gasteiger partial charge on any atom is -0.481 e. The lowest BCUT2D eigenvalue weighted by Crippen LogP contribution is -2.53. The van der Waals surface area contributed by atoms with Gasteiger partial charge in [-0.2, -0.15) is 13.2 Å². The molecule has 2 saturated heterocycles. The number of nitrogens with zero attached hydrogens (tertiary/aromatic N) is 2. The van der Waals surface area contributed by atoms with E-state index in [1.807, 2.05) is 0 Å². The summed E-state index contributed by atoms with van der Waals surface area (Å²) in [4.78, 5) is 32.4. The number of carbonyl (C=O) groups excluding carboxylic acids is 2. The summed E-state index contributed by atoms with van der Waals surface area (Å²) in [6.45, 7) is 0.227. The van der Waals surface area contributed by atoms with Crippen molar-refractivity contribution >= 4 is 11.8 Å². The van der Waals surface area contributed by atoms with Gasteiger partial charge in [0.25, 0.3) is 5.91 Å². The van der Waals surface area contributed by atoms with Crippen molar-refractivity contribution in [2.45, 2.75) is 43.6 Å². The number of amides is 2. The van der Waals surface area contributed by atoms with Gasteiger partial charge in [0, 0.05) is 35.3 Å². The second kappa shape index (κ2) is 9.55. The number of hydrogen-bond donors (Lipinski definition) is 1. The van der Waals surface area contributed by atoms with Crippen molar-refractivity contribution in [3.05, 3.63) is 58.8 Å². The van der Waals surface area contributed by atoms with E-state index in [-0.39, 0.29) is 48.6 Å². The molecule has 3 heterocycles. The molecule has 5 rings (SSSR count). The first-order valence-electron chi connectivity index (χ1n) is 11.9. The van der Waals surface area contributed by atoms with E-state index in [4.69, 9.17) is 9.47 Å². The van der Waals surface area contributed by atoms with E-state index in [1.165, 1.54) is 30.3 Å². The minimum absolute atomic E-state index is 0.103. The van der Waals surface area contributed by atoms with E-state index >= 15 is 0 Å². The van der Waals surface area contributed by atoms with Crippen LogP contribution in [0.4, 0.5) is 22.0 Å². The Morgan fingerprint density at radius 3 is 2.51 bits per heavy atom. The van der Waals surface area contributed by atoms with E-state index < -0.39 is 52.8 Å². The molecule has 2 aromatic rings. The fraction of sp³-hybridized carbons (Fsp3) is 0.480. The van der Waals surface area contributed by atoms with Crippen molar-refractivity contribution in [2.75, 3.05) is 20.3 Å². The first-order chi connectivity index (χ1) is 17.6. The molecule has 1 saturated carbocycles. The van der Waals surface area contributed by atoms with Crippen molar-refractivity contribution in [3.63, 3.8) is 0 Å². The van der Waals surface area contributed by atoms with Crippen LogP contribution in [-0.4, -0.2) is 54.1 Å². The summed E-state index contributed by atoms with van der Waals surface area (Å²) in [5.41, 5.74) is -1.83. The number of nitrogens with one attached hydrogen (secondary N) is 1. The van der Waals surface area contributed by atoms with Gasteiger partial charge in [0.05, 0.1) is 31.9 Å². The van der Waals surface area contributed by atoms with Gasteiger partial charge in [-0.15, -0.1) is 0 Å². The van der Waals surface area contributed by atoms with E-state index in [0.29, 0.717) is 12.5 Å². The molecule has 0 spiro atoms. The van der Waals surface area contributed by atoms with Gasteiger partial charge in [-0.1, -0.05) is 0 Å². The first-order valence-corrected chi connectivity index (χ1v) is 11.9. The molecule has 4 atom stereocenters. The Hall–Kier alpha value is -3.28. The minimum atomic E-state index is -5.07. The van der Waals surface area contributed by atoms with Gasteiger partial charge >= 0.3 is 6.18 Å². The Morgan fingerprint density at radius 1 is 1.16 bits per heavy atom. The summed E-state index contributed by atoms with van der Waals surface area (Å²) in [6.07, 6.45) is -1.69. The Bertz CT molecular complexity index is 1220. The normalized spacial score (nSPS) is 24.1. The van der Waals surface area contributed by atoms with Gasteiger partial charge in [-0.25, -0.2) is 13.8 Å². The Kier molecular flexibility index (Phi) is 6.55. The molecular formula is C25H24F5N3O4. The van der Waals surface area contributed by atoms with Gasteiger partial charge in [0.15, 0.2) is 0 Å². The summed E-state index contributed by atoms with van der Waals surface area (Å²) in [5, 5.41) is 2.69. The Labute approximate surface area is 208 Å². The number of pyridine rings is 1. The van der Waals surface area contributed by atoms with Crippen molar-refractivity contribution in [1.29, 1.82) is 0 Å². The lowest BCUT2D eigenvalue weighted by atomic mass is 9.80. The van der Waals surface area contributed by atoms with Crippen LogP contribution in [0.2, 0.25) is 0 Å². The molecule has 1 aliphatic carbocycles. The zero-order valence-corrected chi connectivity index (χ0v) is 19.7. The summed E-state index contributed by atoms with van der Waals surface area (Å²) < 4.78 is 78.6. The highest BCUT2D eigenvalue weighted by Crippen LogP contribution is 2.45. The predicted octanol–water partition coefficient (Wildman–Crippen LogP) is 3.88. The molecule has 3 fully saturated rings. The number of hydrogen-bond acceptors (Lipinski definition) is 5. The molecule has 0 unspecified atom stereocenters. The highest BCUT2D eigenvalue weighted by molar-refractivity contribution is 5.98. The maximum Gasteiger partial charge on any atom is 0.419 e. The number of benzene rings is 1. The van der Waals surface area contributed by atoms with Crippen LogP contribution in [0.5, 0.6) is 5.88 Å². The van der Waals surface area contributed by atoms with Crippen LogP contribution in [0.25, 0.3) is 0 Å². The average Bonchev–Trinajstić information content (AvgIpc) is 3.07. The van der Waals surface area contributed by atoms with Gasteiger partial charge in [0.1, 0.15) is 17.7 Å². The van der Waals surface area contributed by atoms with Crippen LogP contribution in [-0.2, 0) is 15.7 Å². The van der Waals surface area contributed by atoms with E-state index in [1.54, 1.807) is 0 Å². The zero-order valence-electron chi connectivity index (χ0n) is 19.7. The van der Waals surface area contributed by atoms with Crippen molar-refractivity contribution in [1.82, 2.24) is 15.2 Å². The number of halogens is 5. The third kappa shape index (κ3) is 4.62. The molecule has 1 aromatic carbocycles. The molecule has 7 nitrogen and oxygen atoms in total. The van der Waals surface area contributed by atoms with Gasteiger partial charge in [0.2, 0.25) is 11.8 Å². The molecule has 12 heteroatoms. The number of aromatic nitrogens is 1. The summed E-state index contributed by atoms with van der Waals surface area (Å²) >= 11 is 0. The van der Waals surface area contributed by atoms with E-state index in [9.17, 15) is 31.5 Å². The maximum absolute atomic E-state index is 14.8. The van der Waals surface area contributed by atoms with Crippen LogP contribution in [0.3, 0.4) is 0 Å². The number of alkyl halides is 3. The summed E-state index contributed by atoms with van der Waals surface area (Å²) in [7, 11) is 1.41. The second-order valence-corrected chi connectivity index (χ2v) is 9.59. The van der Waals surface area contributed by atoms with E-state index in [0.717, 1.165) is 12.8 Å². The predicted molar refractivity (Wildman–Crippen MR) is 118 cm³/mol. The maximum atomic E-state index is 14.8. The SMILES string of the molecule is COc1cc(C(=O)N2[C@@H](C(=O)N[C@@H](c3cc(F)c(C(F)(F)F)cc3F)C3COC3)C[C@H]3CC[C@H]32)ccn1. The lowest BCUT2D eigenvalue weighted by molar-refractivity contribution is -0.140. The molecule has 1 aromatic heterocycles. The van der Waals surface area contributed by atoms with Crippen molar-refractivity contribution in [2.24, 2.45) is 11.8 Å². The van der Waals surface area contributed by atoms with E-state index in [2.05, 4.69) is 10.3 Å². The topological polar surface area (TPSA) is 80.8 Å². The molecule has 2 aliphatic heterocycles. The van der Waals surface area contributed by atoms with Crippen LogP contribution in [0.1, 0.15) is 46.8 Å². The highest BCUT2D eigenvalue weighted by atomic mass is 19.4. The molecule has 198 valence electrons. The van der Waals surface area contributed by atoms with Crippen LogP contribution < -0.4 is 10.1 Å². The van der Waals surface area contributed by atoms with Crippen LogP contribution in [0, 0.1) is 23.5 Å². The second-order valence-electron chi connectivity index (χ2n) is 9.59. The van der Waals surface area contributed by atoms with Crippen LogP contribution >= 0.6 is 0 Å². The number of carbonyl (C=O) groups is 2. The number of likely N-dealkylation sites (tertiary alicyclic amines) is 1. The summed E-state index contributed by atoms with van der Waals surface area (Å²) in [5.74, 6) is -4.00. The fourth-order valence-electron chi connectivity index (χ4n) is 5.32. The van der Waals surface area contributed by atoms with Gasteiger partial charge < -0.3 is 19.7 Å². The largest absolute Gasteiger partial charge is 0.481 e. The zero-order chi connectivity index (χ0) is 26.5. The molecule has 37 heavy (non-hydrogen) atoms. The Balaban J connectivity index is 1.42. The van der Waals surface area contributed by atoms with Crippen LogP contribution in [0.15, 0.2) is 30.5 Å². The smallest absolute Gasteiger partial charge is 0.419 e. The summed E-state index contributed by atoms with van der Waals surface area (Å²) in [6, 6.07) is 1.41. The van der Waals surface area contributed by atoms with Crippen molar-refractivity contribution < 1.29 is 41.0 Å². The molecule has 0 bridgehead atoms. The number of ether oxygens (including phenoxy) is 2. The standard InChI is InChI=1S/C25H24F5N3O4/c1-36-21-7-13(4-5-31-21)24(35)33-19-3-2-12(19)6-20(33)23(34)32-22(14-10-37-11-14)15-8-18(27)16(9-17(15)26)25(28,29)30/h4-5,7-9,12,14,19-20,22H,2-3,6,10-11H2,1H3,(H,32,34)/t12-,19-,20-,22-/m1/s1. The number of methoxy groups -OCH3 is 1. The van der Waals surface area contributed by atoms with Gasteiger partial charge in [-0.05, 0) is 43.4 Å². The Morgan fingerprint density at radius 2 is 1.92 bits per heavy atom. The van der Waals surface area contributed by atoms with Crippen molar-refractivity contribution in [3.8, 4) is 5.88 Å². The fourth-order valence-corrected chi connectivity index (χ4v) is 5.32. The first kappa shape index (κ1) is 25.4. The van der Waals surface area contributed by atoms with Gasteiger partial charge in [-0.3, -0.25) is 9.59 Å². The third-order valence-corrected chi connectivity index (χ3v) is 7.48. The molecular weight excluding hydrogens is 501 g/mol. The number of rotatable bonds is 6. The average molecular weight is 525 g/mol.